The maximum atomic E-state index is 11.5. The molecule has 6 nitrogen and oxygen atoms in total. The van der Waals surface area contributed by atoms with Gasteiger partial charge in [-0.05, 0) is 31.5 Å². The second kappa shape index (κ2) is 5.80. The van der Waals surface area contributed by atoms with Crippen LogP contribution in [0.2, 0.25) is 0 Å². The maximum Gasteiger partial charge on any atom is 0.264 e. The van der Waals surface area contributed by atoms with Crippen LogP contribution in [0, 0.1) is 6.92 Å². The predicted molar refractivity (Wildman–Crippen MR) is 74.2 cm³/mol. The van der Waals surface area contributed by atoms with E-state index in [1.54, 1.807) is 23.7 Å². The van der Waals surface area contributed by atoms with Crippen molar-refractivity contribution >= 4 is 19.7 Å². The molecular formula is C12H14ClN3O3S. The summed E-state index contributed by atoms with van der Waals surface area (Å²) < 4.78 is 30.3. The molecule has 2 aromatic rings. The molecule has 0 saturated carbocycles. The number of ether oxygens (including phenoxy) is 1. The summed E-state index contributed by atoms with van der Waals surface area (Å²) in [6.45, 7) is 4.49. The van der Waals surface area contributed by atoms with E-state index in [0.29, 0.717) is 12.4 Å². The third kappa shape index (κ3) is 3.29. The average molecular weight is 316 g/mol. The van der Waals surface area contributed by atoms with Gasteiger partial charge in [-0.1, -0.05) is 6.07 Å². The molecule has 0 aliphatic heterocycles. The quantitative estimate of drug-likeness (QED) is 0.790. The summed E-state index contributed by atoms with van der Waals surface area (Å²) in [5.41, 5.74) is 0.785. The highest BCUT2D eigenvalue weighted by Gasteiger charge is 2.17. The Bertz CT molecular complexity index is 712. The molecule has 0 radical (unpaired) electrons. The second-order valence-corrected chi connectivity index (χ2v) is 6.70. The Kier molecular flexibility index (Phi) is 4.29. The molecule has 108 valence electrons. The van der Waals surface area contributed by atoms with Crippen LogP contribution in [0.5, 0.6) is 5.75 Å². The van der Waals surface area contributed by atoms with E-state index in [4.69, 9.17) is 15.4 Å². The Morgan fingerprint density at radius 3 is 2.80 bits per heavy atom. The van der Waals surface area contributed by atoms with Crippen molar-refractivity contribution in [1.82, 2.24) is 14.8 Å². The van der Waals surface area contributed by atoms with E-state index in [0.717, 1.165) is 5.56 Å². The number of halogens is 1. The number of nitrogens with zero attached hydrogens (tertiary/aromatic N) is 3. The third-order valence-electron chi connectivity index (χ3n) is 2.71. The van der Waals surface area contributed by atoms with Crippen LogP contribution in [0.4, 0.5) is 0 Å². The largest absolute Gasteiger partial charge is 0.484 e. The molecule has 0 aliphatic rings. The number of aryl methyl sites for hydroxylation is 2. The van der Waals surface area contributed by atoms with Gasteiger partial charge in [-0.25, -0.2) is 18.1 Å². The molecular weight excluding hydrogens is 302 g/mol. The Morgan fingerprint density at radius 2 is 2.15 bits per heavy atom. The first-order chi connectivity index (χ1) is 9.41. The lowest BCUT2D eigenvalue weighted by molar-refractivity contribution is 0.280. The number of benzene rings is 1. The van der Waals surface area contributed by atoms with Crippen molar-refractivity contribution in [2.24, 2.45) is 0 Å². The molecule has 1 aromatic carbocycles. The summed E-state index contributed by atoms with van der Waals surface area (Å²) in [4.78, 5) is 4.02. The molecule has 0 N–H and O–H groups in total. The lowest BCUT2D eigenvalue weighted by Crippen LogP contribution is -2.08. The van der Waals surface area contributed by atoms with Crippen molar-refractivity contribution < 1.29 is 13.2 Å². The van der Waals surface area contributed by atoms with Crippen molar-refractivity contribution in [3.8, 4) is 5.75 Å². The van der Waals surface area contributed by atoms with Gasteiger partial charge in [0.2, 0.25) is 0 Å². The number of hydrogen-bond acceptors (Lipinski definition) is 5. The number of hydrogen-bond donors (Lipinski definition) is 0. The van der Waals surface area contributed by atoms with Gasteiger partial charge in [0.05, 0.1) is 0 Å². The second-order valence-electron chi connectivity index (χ2n) is 4.17. The minimum Gasteiger partial charge on any atom is -0.484 e. The van der Waals surface area contributed by atoms with Crippen LogP contribution >= 0.6 is 10.7 Å². The topological polar surface area (TPSA) is 74.1 Å². The van der Waals surface area contributed by atoms with Gasteiger partial charge < -0.3 is 4.74 Å². The van der Waals surface area contributed by atoms with E-state index < -0.39 is 9.05 Å². The van der Waals surface area contributed by atoms with E-state index in [2.05, 4.69) is 10.1 Å². The van der Waals surface area contributed by atoms with Crippen LogP contribution in [0.1, 0.15) is 18.3 Å². The average Bonchev–Trinajstić information content (AvgIpc) is 2.83. The molecule has 0 saturated heterocycles. The third-order valence-corrected chi connectivity index (χ3v) is 4.06. The highest BCUT2D eigenvalue weighted by atomic mass is 35.7. The monoisotopic (exact) mass is 315 g/mol. The molecule has 20 heavy (non-hydrogen) atoms. The summed E-state index contributed by atoms with van der Waals surface area (Å²) in [7, 11) is 1.56. The molecule has 2 rings (SSSR count). The van der Waals surface area contributed by atoms with E-state index in [1.807, 2.05) is 6.92 Å². The summed E-state index contributed by atoms with van der Waals surface area (Å²) in [6, 6.07) is 4.81. The van der Waals surface area contributed by atoms with Crippen LogP contribution in [0.15, 0.2) is 29.4 Å². The van der Waals surface area contributed by atoms with Crippen LogP contribution < -0.4 is 4.74 Å². The van der Waals surface area contributed by atoms with Crippen molar-refractivity contribution in [1.29, 1.82) is 0 Å². The van der Waals surface area contributed by atoms with Crippen molar-refractivity contribution in [3.63, 3.8) is 0 Å². The summed E-state index contributed by atoms with van der Waals surface area (Å²) in [6.07, 6.45) is 1.43. The van der Waals surface area contributed by atoms with E-state index in [-0.39, 0.29) is 17.3 Å². The van der Waals surface area contributed by atoms with Gasteiger partial charge in [-0.3, -0.25) is 0 Å². The zero-order chi connectivity index (χ0) is 14.8. The first-order valence-electron chi connectivity index (χ1n) is 5.96. The highest BCUT2D eigenvalue weighted by molar-refractivity contribution is 8.13. The molecule has 0 fully saturated rings. The lowest BCUT2D eigenvalue weighted by atomic mass is 10.2. The van der Waals surface area contributed by atoms with Crippen LogP contribution in [0.3, 0.4) is 0 Å². The van der Waals surface area contributed by atoms with Crippen LogP contribution in [0.25, 0.3) is 0 Å². The molecule has 0 spiro atoms. The maximum absolute atomic E-state index is 11.5. The summed E-state index contributed by atoms with van der Waals surface area (Å²) in [5.74, 6) is 0.822. The molecule has 1 aromatic heterocycles. The fourth-order valence-electron chi connectivity index (χ4n) is 1.73. The van der Waals surface area contributed by atoms with Gasteiger partial charge >= 0.3 is 0 Å². The van der Waals surface area contributed by atoms with E-state index in [9.17, 15) is 8.42 Å². The lowest BCUT2D eigenvalue weighted by Gasteiger charge is -2.10. The minimum atomic E-state index is -3.86. The molecule has 0 amide bonds. The Morgan fingerprint density at radius 1 is 1.40 bits per heavy atom. The highest BCUT2D eigenvalue weighted by Crippen LogP contribution is 2.28. The number of aromatic nitrogens is 3. The fourth-order valence-corrected chi connectivity index (χ4v) is 2.79. The Balaban J connectivity index is 2.26. The molecule has 0 atom stereocenters. The molecule has 8 heteroatoms. The Labute approximate surface area is 121 Å². The number of rotatable bonds is 5. The standard InChI is InChI=1S/C12H14ClN3O3S/c1-3-16-12(14-8-15-16)7-19-10-5-4-9(2)6-11(10)20(13,17)18/h4-6,8H,3,7H2,1-2H3. The smallest absolute Gasteiger partial charge is 0.264 e. The minimum absolute atomic E-state index is 0.0401. The van der Waals surface area contributed by atoms with Crippen molar-refractivity contribution in [3.05, 3.63) is 35.9 Å². The SMILES string of the molecule is CCn1ncnc1COc1ccc(C)cc1S(=O)(=O)Cl. The first kappa shape index (κ1) is 14.8. The van der Waals surface area contributed by atoms with Gasteiger partial charge in [-0.2, -0.15) is 5.10 Å². The first-order valence-corrected chi connectivity index (χ1v) is 8.27. The molecule has 0 aliphatic carbocycles. The van der Waals surface area contributed by atoms with Crippen LogP contribution in [-0.2, 0) is 22.2 Å². The predicted octanol–water partition coefficient (Wildman–Crippen LogP) is 2.11. The molecule has 1 heterocycles. The zero-order valence-electron chi connectivity index (χ0n) is 11.1. The van der Waals surface area contributed by atoms with Crippen LogP contribution in [-0.4, -0.2) is 23.2 Å². The van der Waals surface area contributed by atoms with Crippen molar-refractivity contribution in [2.45, 2.75) is 31.9 Å². The summed E-state index contributed by atoms with van der Waals surface area (Å²) >= 11 is 0. The van der Waals surface area contributed by atoms with Gasteiger partial charge in [0.15, 0.2) is 5.82 Å². The van der Waals surface area contributed by atoms with Crippen molar-refractivity contribution in [2.75, 3.05) is 0 Å². The molecule has 0 bridgehead atoms. The zero-order valence-corrected chi connectivity index (χ0v) is 12.6. The summed E-state index contributed by atoms with van der Waals surface area (Å²) in [5, 5.41) is 4.01. The van der Waals surface area contributed by atoms with Gasteiger partial charge in [0, 0.05) is 17.2 Å². The van der Waals surface area contributed by atoms with E-state index >= 15 is 0 Å². The van der Waals surface area contributed by atoms with Gasteiger partial charge in [-0.15, -0.1) is 0 Å². The Hall–Kier alpha value is -1.60. The van der Waals surface area contributed by atoms with Gasteiger partial charge in [0.25, 0.3) is 9.05 Å². The van der Waals surface area contributed by atoms with Gasteiger partial charge in [0.1, 0.15) is 23.6 Å². The normalized spacial score (nSPS) is 11.6. The fraction of sp³-hybridized carbons (Fsp3) is 0.333. The molecule has 0 unspecified atom stereocenters. The van der Waals surface area contributed by atoms with E-state index in [1.165, 1.54) is 12.4 Å².